The zero-order chi connectivity index (χ0) is 12.0. The fraction of sp³-hybridized carbons (Fsp3) is 0.933. The molecule has 0 aromatic heterocycles. The number of Topliss-reactive ketones (excluding diaryl/α,β-unsaturated/α-hetero) is 1. The number of likely N-dealkylation sites (N-methyl/N-ethyl adjacent to an activating group) is 1. The summed E-state index contributed by atoms with van der Waals surface area (Å²) in [7, 11) is 2.19. The van der Waals surface area contributed by atoms with Crippen LogP contribution in [0, 0.1) is 17.8 Å². The predicted octanol–water partition coefficient (Wildman–Crippen LogP) is 2.86. The molecule has 17 heavy (non-hydrogen) atoms. The van der Waals surface area contributed by atoms with Crippen LogP contribution in [0.2, 0.25) is 0 Å². The average molecular weight is 235 g/mol. The van der Waals surface area contributed by atoms with Crippen LogP contribution in [0.15, 0.2) is 0 Å². The number of fused-ring (bicyclic) bond motifs is 3. The molecule has 0 amide bonds. The van der Waals surface area contributed by atoms with Gasteiger partial charge in [-0.25, -0.2) is 0 Å². The standard InChI is InChI=1S/C15H25NO/c1-3-15(17)14-9-12-11-7-5-4-6-10(11)8-13(12)16(14)2/h10-14H,3-9H2,1-2H3. The lowest BCUT2D eigenvalue weighted by Gasteiger charge is -2.29. The molecular formula is C15H25NO. The second-order valence-electron chi connectivity index (χ2n) is 6.41. The van der Waals surface area contributed by atoms with Crippen molar-refractivity contribution in [3.8, 4) is 0 Å². The first-order chi connectivity index (χ1) is 8.22. The molecule has 3 rings (SSSR count). The number of ketones is 1. The molecule has 5 atom stereocenters. The lowest BCUT2D eigenvalue weighted by Crippen LogP contribution is -2.37. The van der Waals surface area contributed by atoms with Gasteiger partial charge in [0.1, 0.15) is 5.78 Å². The first kappa shape index (κ1) is 11.7. The van der Waals surface area contributed by atoms with Crippen LogP contribution < -0.4 is 0 Å². The van der Waals surface area contributed by atoms with Crippen molar-refractivity contribution >= 4 is 5.78 Å². The molecule has 0 aromatic carbocycles. The summed E-state index contributed by atoms with van der Waals surface area (Å²) in [5.74, 6) is 3.24. The van der Waals surface area contributed by atoms with E-state index >= 15 is 0 Å². The minimum atomic E-state index is 0.248. The fourth-order valence-electron chi connectivity index (χ4n) is 4.91. The topological polar surface area (TPSA) is 20.3 Å². The minimum Gasteiger partial charge on any atom is -0.298 e. The van der Waals surface area contributed by atoms with Gasteiger partial charge in [-0.2, -0.15) is 0 Å². The molecule has 3 fully saturated rings. The van der Waals surface area contributed by atoms with Gasteiger partial charge < -0.3 is 0 Å². The molecule has 2 saturated carbocycles. The van der Waals surface area contributed by atoms with Crippen molar-refractivity contribution in [1.29, 1.82) is 0 Å². The summed E-state index contributed by atoms with van der Waals surface area (Å²) in [4.78, 5) is 14.4. The summed E-state index contributed by atoms with van der Waals surface area (Å²) in [5.41, 5.74) is 0. The van der Waals surface area contributed by atoms with Gasteiger partial charge in [-0.05, 0) is 44.1 Å². The fourth-order valence-corrected chi connectivity index (χ4v) is 4.91. The Morgan fingerprint density at radius 1 is 1.18 bits per heavy atom. The van der Waals surface area contributed by atoms with Crippen molar-refractivity contribution < 1.29 is 4.79 Å². The smallest absolute Gasteiger partial charge is 0.149 e. The van der Waals surface area contributed by atoms with E-state index in [1.165, 1.54) is 32.1 Å². The van der Waals surface area contributed by atoms with E-state index in [-0.39, 0.29) is 6.04 Å². The third-order valence-electron chi connectivity index (χ3n) is 5.79. The molecule has 2 heteroatoms. The lowest BCUT2D eigenvalue weighted by atomic mass is 9.76. The Morgan fingerprint density at radius 3 is 2.71 bits per heavy atom. The van der Waals surface area contributed by atoms with Crippen LogP contribution in [0.25, 0.3) is 0 Å². The second-order valence-corrected chi connectivity index (χ2v) is 6.41. The summed E-state index contributed by atoms with van der Waals surface area (Å²) in [5, 5.41) is 0. The summed E-state index contributed by atoms with van der Waals surface area (Å²) < 4.78 is 0. The zero-order valence-electron chi connectivity index (χ0n) is 11.2. The van der Waals surface area contributed by atoms with Gasteiger partial charge >= 0.3 is 0 Å². The van der Waals surface area contributed by atoms with Gasteiger partial charge in [0.15, 0.2) is 0 Å². The maximum Gasteiger partial charge on any atom is 0.149 e. The molecule has 2 aliphatic carbocycles. The third-order valence-corrected chi connectivity index (χ3v) is 5.79. The molecule has 3 aliphatic rings. The van der Waals surface area contributed by atoms with Crippen molar-refractivity contribution in [1.82, 2.24) is 4.90 Å². The second kappa shape index (κ2) is 4.38. The van der Waals surface area contributed by atoms with Gasteiger partial charge in [0.2, 0.25) is 0 Å². The molecule has 1 heterocycles. The number of likely N-dealkylation sites (tertiary alicyclic amines) is 1. The normalized spacial score (nSPS) is 45.6. The number of hydrogen-bond acceptors (Lipinski definition) is 2. The first-order valence-corrected chi connectivity index (χ1v) is 7.47. The molecule has 0 N–H and O–H groups in total. The maximum absolute atomic E-state index is 12.0. The van der Waals surface area contributed by atoms with Crippen molar-refractivity contribution in [2.45, 2.75) is 64.0 Å². The van der Waals surface area contributed by atoms with Gasteiger partial charge in [-0.3, -0.25) is 9.69 Å². The largest absolute Gasteiger partial charge is 0.298 e. The number of nitrogens with zero attached hydrogens (tertiary/aromatic N) is 1. The van der Waals surface area contributed by atoms with Gasteiger partial charge in [0.05, 0.1) is 6.04 Å². The predicted molar refractivity (Wildman–Crippen MR) is 68.8 cm³/mol. The van der Waals surface area contributed by atoms with E-state index in [0.29, 0.717) is 12.2 Å². The van der Waals surface area contributed by atoms with Crippen molar-refractivity contribution in [2.24, 2.45) is 17.8 Å². The van der Waals surface area contributed by atoms with Crippen LogP contribution in [0.5, 0.6) is 0 Å². The molecule has 1 saturated heterocycles. The van der Waals surface area contributed by atoms with E-state index in [0.717, 1.165) is 30.2 Å². The van der Waals surface area contributed by atoms with Crippen molar-refractivity contribution in [3.63, 3.8) is 0 Å². The minimum absolute atomic E-state index is 0.248. The Kier molecular flexibility index (Phi) is 3.02. The van der Waals surface area contributed by atoms with E-state index in [9.17, 15) is 4.79 Å². The quantitative estimate of drug-likeness (QED) is 0.733. The molecule has 0 bridgehead atoms. The Hall–Kier alpha value is -0.370. The monoisotopic (exact) mass is 235 g/mol. The summed E-state index contributed by atoms with van der Waals surface area (Å²) >= 11 is 0. The Bertz CT molecular complexity index is 314. The molecule has 0 aromatic rings. The van der Waals surface area contributed by atoms with Gasteiger partial charge in [-0.1, -0.05) is 26.2 Å². The molecule has 0 spiro atoms. The molecule has 5 unspecified atom stereocenters. The van der Waals surface area contributed by atoms with Crippen molar-refractivity contribution in [2.75, 3.05) is 7.05 Å². The SMILES string of the molecule is CCC(=O)C1CC2C3CCCCC3CC2N1C. The van der Waals surface area contributed by atoms with Crippen LogP contribution >= 0.6 is 0 Å². The van der Waals surface area contributed by atoms with Crippen LogP contribution in [0.1, 0.15) is 51.9 Å². The zero-order valence-corrected chi connectivity index (χ0v) is 11.2. The lowest BCUT2D eigenvalue weighted by molar-refractivity contribution is -0.123. The van der Waals surface area contributed by atoms with Gasteiger partial charge in [0, 0.05) is 12.5 Å². The summed E-state index contributed by atoms with van der Waals surface area (Å²) in [6, 6.07) is 0.974. The van der Waals surface area contributed by atoms with E-state index < -0.39 is 0 Å². The molecule has 1 aliphatic heterocycles. The maximum atomic E-state index is 12.0. The van der Waals surface area contributed by atoms with Gasteiger partial charge in [0.25, 0.3) is 0 Å². The Labute approximate surface area is 105 Å². The molecule has 96 valence electrons. The molecule has 0 radical (unpaired) electrons. The van der Waals surface area contributed by atoms with Gasteiger partial charge in [-0.15, -0.1) is 0 Å². The molecule has 2 nitrogen and oxygen atoms in total. The van der Waals surface area contributed by atoms with Crippen LogP contribution in [0.4, 0.5) is 0 Å². The number of carbonyl (C=O) groups is 1. The summed E-state index contributed by atoms with van der Waals surface area (Å²) in [6.45, 7) is 2.01. The Balaban J connectivity index is 1.75. The highest BCUT2D eigenvalue weighted by atomic mass is 16.1. The average Bonchev–Trinajstić information content (AvgIpc) is 2.86. The highest BCUT2D eigenvalue weighted by Crippen LogP contribution is 2.52. The van der Waals surface area contributed by atoms with E-state index in [1.54, 1.807) is 0 Å². The highest BCUT2D eigenvalue weighted by molar-refractivity contribution is 5.84. The molecular weight excluding hydrogens is 210 g/mol. The Morgan fingerprint density at radius 2 is 1.94 bits per heavy atom. The highest BCUT2D eigenvalue weighted by Gasteiger charge is 2.52. The first-order valence-electron chi connectivity index (χ1n) is 7.47. The van der Waals surface area contributed by atoms with Crippen LogP contribution in [-0.4, -0.2) is 29.8 Å². The van der Waals surface area contributed by atoms with E-state index in [4.69, 9.17) is 0 Å². The van der Waals surface area contributed by atoms with E-state index in [2.05, 4.69) is 11.9 Å². The van der Waals surface area contributed by atoms with E-state index in [1.807, 2.05) is 6.92 Å². The number of hydrogen-bond donors (Lipinski definition) is 0. The summed E-state index contributed by atoms with van der Waals surface area (Å²) in [6.07, 6.45) is 9.02. The van der Waals surface area contributed by atoms with Crippen LogP contribution in [-0.2, 0) is 4.79 Å². The van der Waals surface area contributed by atoms with Crippen molar-refractivity contribution in [3.05, 3.63) is 0 Å². The number of rotatable bonds is 2. The van der Waals surface area contributed by atoms with Crippen LogP contribution in [0.3, 0.4) is 0 Å². The number of carbonyl (C=O) groups excluding carboxylic acids is 1. The third kappa shape index (κ3) is 1.76.